The first-order valence-electron chi connectivity index (χ1n) is 8.68. The van der Waals surface area contributed by atoms with Crippen LogP contribution in [0.2, 0.25) is 5.02 Å². The Morgan fingerprint density at radius 2 is 1.81 bits per heavy atom. The zero-order valence-corrected chi connectivity index (χ0v) is 15.6. The van der Waals surface area contributed by atoms with E-state index in [1.165, 1.54) is 0 Å². The van der Waals surface area contributed by atoms with Crippen molar-refractivity contribution in [2.24, 2.45) is 0 Å². The summed E-state index contributed by atoms with van der Waals surface area (Å²) in [7, 11) is 0. The average Bonchev–Trinajstić information content (AvgIpc) is 3.02. The zero-order chi connectivity index (χ0) is 18.8. The van der Waals surface area contributed by atoms with Crippen molar-refractivity contribution in [1.29, 1.82) is 0 Å². The molecule has 5 heteroatoms. The van der Waals surface area contributed by atoms with Gasteiger partial charge in [0.25, 0.3) is 0 Å². The van der Waals surface area contributed by atoms with Crippen molar-refractivity contribution in [3.63, 3.8) is 0 Å². The van der Waals surface area contributed by atoms with Crippen molar-refractivity contribution in [1.82, 2.24) is 9.55 Å². The molecular weight excluding hydrogens is 358 g/mol. The number of para-hydroxylation sites is 3. The van der Waals surface area contributed by atoms with Crippen molar-refractivity contribution in [2.75, 3.05) is 5.32 Å². The summed E-state index contributed by atoms with van der Waals surface area (Å²) in [6.45, 7) is 2.19. The van der Waals surface area contributed by atoms with E-state index in [1.54, 1.807) is 12.1 Å². The molecule has 0 spiro atoms. The van der Waals surface area contributed by atoms with Gasteiger partial charge in [-0.1, -0.05) is 59.6 Å². The third-order valence-electron chi connectivity index (χ3n) is 4.38. The Bertz CT molecular complexity index is 1130. The molecule has 27 heavy (non-hydrogen) atoms. The summed E-state index contributed by atoms with van der Waals surface area (Å²) in [5.41, 5.74) is 4.51. The number of benzene rings is 3. The number of carbonyl (C=O) groups excluding carboxylic acids is 1. The molecule has 0 atom stereocenters. The summed E-state index contributed by atoms with van der Waals surface area (Å²) >= 11 is 6.16. The summed E-state index contributed by atoms with van der Waals surface area (Å²) in [5, 5.41) is 3.40. The van der Waals surface area contributed by atoms with E-state index in [-0.39, 0.29) is 12.5 Å². The summed E-state index contributed by atoms with van der Waals surface area (Å²) in [6.07, 6.45) is 0. The maximum absolute atomic E-state index is 12.7. The van der Waals surface area contributed by atoms with Crippen LogP contribution in [-0.2, 0) is 11.3 Å². The third kappa shape index (κ3) is 3.57. The Morgan fingerprint density at radius 1 is 1.04 bits per heavy atom. The fourth-order valence-electron chi connectivity index (χ4n) is 3.14. The number of aromatic nitrogens is 2. The number of fused-ring (bicyclic) bond motifs is 1. The number of aryl methyl sites for hydroxylation is 1. The van der Waals surface area contributed by atoms with Gasteiger partial charge in [-0.2, -0.15) is 0 Å². The van der Waals surface area contributed by atoms with Gasteiger partial charge >= 0.3 is 0 Å². The normalized spacial score (nSPS) is 10.9. The quantitative estimate of drug-likeness (QED) is 0.525. The van der Waals surface area contributed by atoms with Gasteiger partial charge in [0, 0.05) is 5.56 Å². The molecule has 1 amide bonds. The second-order valence-electron chi connectivity index (χ2n) is 6.41. The first-order chi connectivity index (χ1) is 13.1. The number of rotatable bonds is 4. The number of hydrogen-bond donors (Lipinski definition) is 1. The second-order valence-corrected chi connectivity index (χ2v) is 6.81. The molecule has 0 saturated heterocycles. The van der Waals surface area contributed by atoms with E-state index in [0.29, 0.717) is 10.7 Å². The molecule has 0 radical (unpaired) electrons. The lowest BCUT2D eigenvalue weighted by molar-refractivity contribution is -0.116. The fourth-order valence-corrected chi connectivity index (χ4v) is 3.32. The van der Waals surface area contributed by atoms with Gasteiger partial charge in [0.1, 0.15) is 12.4 Å². The molecule has 134 valence electrons. The summed E-state index contributed by atoms with van der Waals surface area (Å²) < 4.78 is 1.94. The van der Waals surface area contributed by atoms with Crippen molar-refractivity contribution < 1.29 is 4.79 Å². The van der Waals surface area contributed by atoms with Crippen LogP contribution in [0.5, 0.6) is 0 Å². The van der Waals surface area contributed by atoms with Crippen LogP contribution in [-0.4, -0.2) is 15.5 Å². The van der Waals surface area contributed by atoms with E-state index >= 15 is 0 Å². The number of anilines is 1. The van der Waals surface area contributed by atoms with Crippen LogP contribution in [0, 0.1) is 6.92 Å². The highest BCUT2D eigenvalue weighted by Crippen LogP contribution is 2.26. The fraction of sp³-hybridized carbons (Fsp3) is 0.0909. The molecular formula is C22H18ClN3O. The van der Waals surface area contributed by atoms with Gasteiger partial charge < -0.3 is 9.88 Å². The van der Waals surface area contributed by atoms with E-state index in [4.69, 9.17) is 16.6 Å². The highest BCUT2D eigenvalue weighted by molar-refractivity contribution is 6.33. The Kier molecular flexibility index (Phi) is 4.65. The van der Waals surface area contributed by atoms with Gasteiger partial charge in [-0.05, 0) is 37.3 Å². The predicted octanol–water partition coefficient (Wildman–Crippen LogP) is 5.30. The van der Waals surface area contributed by atoms with Crippen LogP contribution in [0.15, 0.2) is 72.8 Å². The van der Waals surface area contributed by atoms with Gasteiger partial charge in [-0.15, -0.1) is 0 Å². The molecule has 0 bridgehead atoms. The van der Waals surface area contributed by atoms with Crippen LogP contribution < -0.4 is 5.32 Å². The topological polar surface area (TPSA) is 46.9 Å². The minimum Gasteiger partial charge on any atom is -0.323 e. The molecule has 1 heterocycles. The number of amides is 1. The molecule has 4 nitrogen and oxygen atoms in total. The molecule has 1 N–H and O–H groups in total. The van der Waals surface area contributed by atoms with Crippen molar-refractivity contribution >= 4 is 34.2 Å². The molecule has 0 aliphatic carbocycles. The number of nitrogens with one attached hydrogen (secondary N) is 1. The molecule has 0 aliphatic heterocycles. The van der Waals surface area contributed by atoms with E-state index < -0.39 is 0 Å². The zero-order valence-electron chi connectivity index (χ0n) is 14.8. The van der Waals surface area contributed by atoms with Crippen molar-refractivity contribution in [2.45, 2.75) is 13.5 Å². The Hall–Kier alpha value is -3.11. The average molecular weight is 376 g/mol. The van der Waals surface area contributed by atoms with Gasteiger partial charge in [0.15, 0.2) is 0 Å². The molecule has 1 aromatic heterocycles. The maximum atomic E-state index is 12.7. The molecule has 4 aromatic rings. The van der Waals surface area contributed by atoms with Crippen LogP contribution in [0.3, 0.4) is 0 Å². The molecule has 0 unspecified atom stereocenters. The number of carbonyl (C=O) groups is 1. The Labute approximate surface area is 162 Å². The summed E-state index contributed by atoms with van der Waals surface area (Å²) in [4.78, 5) is 17.5. The molecule has 0 aliphatic rings. The lowest BCUT2D eigenvalue weighted by Crippen LogP contribution is -2.19. The van der Waals surface area contributed by atoms with E-state index in [0.717, 1.165) is 28.0 Å². The Balaban J connectivity index is 1.73. The van der Waals surface area contributed by atoms with Crippen LogP contribution in [0.25, 0.3) is 22.4 Å². The smallest absolute Gasteiger partial charge is 0.244 e. The van der Waals surface area contributed by atoms with Gasteiger partial charge in [-0.3, -0.25) is 4.79 Å². The minimum atomic E-state index is -0.153. The van der Waals surface area contributed by atoms with Crippen molar-refractivity contribution in [3.8, 4) is 11.4 Å². The van der Waals surface area contributed by atoms with Gasteiger partial charge in [0.05, 0.1) is 21.7 Å². The van der Waals surface area contributed by atoms with Crippen LogP contribution in [0.4, 0.5) is 5.69 Å². The first kappa shape index (κ1) is 17.3. The first-order valence-corrected chi connectivity index (χ1v) is 9.06. The third-order valence-corrected chi connectivity index (χ3v) is 4.71. The number of nitrogens with zero attached hydrogens (tertiary/aromatic N) is 2. The predicted molar refractivity (Wildman–Crippen MR) is 110 cm³/mol. The number of halogens is 1. The van der Waals surface area contributed by atoms with E-state index in [1.807, 2.05) is 66.1 Å². The lowest BCUT2D eigenvalue weighted by atomic mass is 10.1. The van der Waals surface area contributed by atoms with Gasteiger partial charge in [0.2, 0.25) is 5.91 Å². The summed E-state index contributed by atoms with van der Waals surface area (Å²) in [6, 6.07) is 23.2. The largest absolute Gasteiger partial charge is 0.323 e. The van der Waals surface area contributed by atoms with Crippen molar-refractivity contribution in [3.05, 3.63) is 83.4 Å². The number of hydrogen-bond acceptors (Lipinski definition) is 2. The molecule has 3 aromatic carbocycles. The SMILES string of the molecule is Cc1cccc(-c2nc3ccccc3n2CC(=O)Nc2ccccc2Cl)c1. The van der Waals surface area contributed by atoms with E-state index in [2.05, 4.69) is 11.4 Å². The summed E-state index contributed by atoms with van der Waals surface area (Å²) in [5.74, 6) is 0.620. The Morgan fingerprint density at radius 3 is 2.63 bits per heavy atom. The second kappa shape index (κ2) is 7.25. The van der Waals surface area contributed by atoms with E-state index in [9.17, 15) is 4.79 Å². The lowest BCUT2D eigenvalue weighted by Gasteiger charge is -2.11. The highest BCUT2D eigenvalue weighted by atomic mass is 35.5. The molecule has 0 fully saturated rings. The molecule has 4 rings (SSSR count). The van der Waals surface area contributed by atoms with Crippen LogP contribution in [0.1, 0.15) is 5.56 Å². The number of imidazole rings is 1. The monoisotopic (exact) mass is 375 g/mol. The van der Waals surface area contributed by atoms with Crippen LogP contribution >= 0.6 is 11.6 Å². The maximum Gasteiger partial charge on any atom is 0.244 e. The minimum absolute atomic E-state index is 0.148. The highest BCUT2D eigenvalue weighted by Gasteiger charge is 2.16. The standard InChI is InChI=1S/C22H18ClN3O/c1-15-7-6-8-16(13-15)22-25-19-11-4-5-12-20(19)26(22)14-21(27)24-18-10-3-2-9-17(18)23/h2-13H,14H2,1H3,(H,24,27). The van der Waals surface area contributed by atoms with Gasteiger partial charge in [-0.25, -0.2) is 4.98 Å². The molecule has 0 saturated carbocycles.